The van der Waals surface area contributed by atoms with Crippen molar-refractivity contribution < 1.29 is 22.7 Å². The number of halogens is 3. The summed E-state index contributed by atoms with van der Waals surface area (Å²) in [5, 5.41) is 5.69. The zero-order chi connectivity index (χ0) is 12.9. The Hall–Kier alpha value is -0.820. The van der Waals surface area contributed by atoms with Crippen LogP contribution in [-0.2, 0) is 9.53 Å². The lowest BCUT2D eigenvalue weighted by molar-refractivity contribution is -0.175. The summed E-state index contributed by atoms with van der Waals surface area (Å²) in [7, 11) is 0. The second-order valence-electron chi connectivity index (χ2n) is 4.23. The Balaban J connectivity index is 2.15. The zero-order valence-electron chi connectivity index (χ0n) is 9.64. The Bertz CT molecular complexity index is 252. The maximum atomic E-state index is 11.8. The molecule has 1 amide bonds. The quantitative estimate of drug-likeness (QED) is 0.758. The van der Waals surface area contributed by atoms with Crippen LogP contribution in [-0.4, -0.2) is 44.4 Å². The molecule has 2 N–H and O–H groups in total. The molecule has 7 heteroatoms. The summed E-state index contributed by atoms with van der Waals surface area (Å²) in [6, 6.07) is -0.412. The van der Waals surface area contributed by atoms with Crippen molar-refractivity contribution in [3.05, 3.63) is 0 Å². The molecular formula is C10H17F3N2O2. The van der Waals surface area contributed by atoms with Gasteiger partial charge in [0.15, 0.2) is 0 Å². The maximum absolute atomic E-state index is 11.8. The number of carbonyl (C=O) groups is 1. The molecule has 1 fully saturated rings. The third-order valence-electron chi connectivity index (χ3n) is 2.45. The molecule has 0 unspecified atom stereocenters. The van der Waals surface area contributed by atoms with E-state index in [0.717, 1.165) is 13.0 Å². The van der Waals surface area contributed by atoms with Crippen LogP contribution in [0.2, 0.25) is 0 Å². The van der Waals surface area contributed by atoms with Crippen LogP contribution in [0.4, 0.5) is 13.2 Å². The van der Waals surface area contributed by atoms with Crippen molar-refractivity contribution >= 4 is 5.91 Å². The molecule has 0 aromatic carbocycles. The fourth-order valence-electron chi connectivity index (χ4n) is 1.63. The summed E-state index contributed by atoms with van der Waals surface area (Å²) in [6.07, 6.45) is -3.55. The predicted molar refractivity (Wildman–Crippen MR) is 55.5 cm³/mol. The van der Waals surface area contributed by atoms with E-state index in [1.807, 2.05) is 0 Å². The van der Waals surface area contributed by atoms with Gasteiger partial charge in [-0.05, 0) is 19.9 Å². The lowest BCUT2D eigenvalue weighted by Gasteiger charge is -2.17. The molecule has 2 atom stereocenters. The van der Waals surface area contributed by atoms with Crippen molar-refractivity contribution in [2.45, 2.75) is 25.6 Å². The van der Waals surface area contributed by atoms with E-state index in [4.69, 9.17) is 0 Å². The molecule has 0 aliphatic carbocycles. The van der Waals surface area contributed by atoms with Gasteiger partial charge in [0.25, 0.3) is 0 Å². The highest BCUT2D eigenvalue weighted by Crippen LogP contribution is 2.14. The zero-order valence-corrected chi connectivity index (χ0v) is 9.64. The van der Waals surface area contributed by atoms with Crippen LogP contribution in [0.25, 0.3) is 0 Å². The largest absolute Gasteiger partial charge is 0.411 e. The van der Waals surface area contributed by atoms with Gasteiger partial charge in [0.1, 0.15) is 6.61 Å². The number of nitrogens with one attached hydrogen (secondary N) is 2. The van der Waals surface area contributed by atoms with E-state index in [1.54, 1.807) is 6.92 Å². The van der Waals surface area contributed by atoms with Crippen molar-refractivity contribution in [3.63, 3.8) is 0 Å². The third kappa shape index (κ3) is 5.88. The molecular weight excluding hydrogens is 237 g/mol. The van der Waals surface area contributed by atoms with Gasteiger partial charge in [-0.2, -0.15) is 13.2 Å². The van der Waals surface area contributed by atoms with E-state index >= 15 is 0 Å². The number of ether oxygens (including phenoxy) is 1. The highest BCUT2D eigenvalue weighted by molar-refractivity contribution is 5.79. The topological polar surface area (TPSA) is 50.4 Å². The van der Waals surface area contributed by atoms with Crippen LogP contribution in [0.15, 0.2) is 0 Å². The van der Waals surface area contributed by atoms with Crippen molar-refractivity contribution in [1.29, 1.82) is 0 Å². The Kier molecular flexibility index (Phi) is 5.20. The van der Waals surface area contributed by atoms with Crippen LogP contribution in [0.1, 0.15) is 13.3 Å². The Morgan fingerprint density at radius 3 is 2.82 bits per heavy atom. The molecule has 1 saturated heterocycles. The summed E-state index contributed by atoms with van der Waals surface area (Å²) in [5.41, 5.74) is 0. The lowest BCUT2D eigenvalue weighted by Crippen LogP contribution is -2.40. The van der Waals surface area contributed by atoms with Crippen LogP contribution in [0.5, 0.6) is 0 Å². The van der Waals surface area contributed by atoms with Crippen LogP contribution in [0, 0.1) is 5.92 Å². The van der Waals surface area contributed by atoms with E-state index in [2.05, 4.69) is 15.4 Å². The van der Waals surface area contributed by atoms with Crippen molar-refractivity contribution in [3.8, 4) is 0 Å². The Morgan fingerprint density at radius 2 is 2.29 bits per heavy atom. The fourth-order valence-corrected chi connectivity index (χ4v) is 1.63. The summed E-state index contributed by atoms with van der Waals surface area (Å²) in [6.45, 7) is 1.64. The van der Waals surface area contributed by atoms with Crippen LogP contribution in [0.3, 0.4) is 0 Å². The van der Waals surface area contributed by atoms with Crippen molar-refractivity contribution in [1.82, 2.24) is 10.6 Å². The summed E-state index contributed by atoms with van der Waals surface area (Å²) in [4.78, 5) is 11.6. The summed E-state index contributed by atoms with van der Waals surface area (Å²) in [5.74, 6) is -0.210. The standard InChI is InChI=1S/C10H17F3N2O2/c1-7(5-17-6-10(11,12)13)15-9(16)8-2-3-14-4-8/h7-8,14H,2-6H2,1H3,(H,15,16)/t7-,8+/m0/s1. The van der Waals surface area contributed by atoms with Gasteiger partial charge in [-0.15, -0.1) is 0 Å². The van der Waals surface area contributed by atoms with Gasteiger partial charge < -0.3 is 15.4 Å². The second kappa shape index (κ2) is 6.20. The minimum Gasteiger partial charge on any atom is -0.370 e. The third-order valence-corrected chi connectivity index (χ3v) is 2.45. The van der Waals surface area contributed by atoms with E-state index in [9.17, 15) is 18.0 Å². The molecule has 0 bridgehead atoms. The first-order chi connectivity index (χ1) is 7.88. The molecule has 17 heavy (non-hydrogen) atoms. The Labute approximate surface area is 97.9 Å². The number of carbonyl (C=O) groups excluding carboxylic acids is 1. The van der Waals surface area contributed by atoms with Gasteiger partial charge in [0.05, 0.1) is 12.5 Å². The first-order valence-corrected chi connectivity index (χ1v) is 5.54. The highest BCUT2D eigenvalue weighted by atomic mass is 19.4. The van der Waals surface area contributed by atoms with Crippen LogP contribution < -0.4 is 10.6 Å². The number of hydrogen-bond acceptors (Lipinski definition) is 3. The first-order valence-electron chi connectivity index (χ1n) is 5.54. The van der Waals surface area contributed by atoms with Gasteiger partial charge in [-0.25, -0.2) is 0 Å². The molecule has 0 saturated carbocycles. The molecule has 1 aliphatic heterocycles. The van der Waals surface area contributed by atoms with Gasteiger partial charge in [0, 0.05) is 12.6 Å². The van der Waals surface area contributed by atoms with E-state index < -0.39 is 18.8 Å². The van der Waals surface area contributed by atoms with E-state index in [-0.39, 0.29) is 18.4 Å². The Morgan fingerprint density at radius 1 is 1.59 bits per heavy atom. The smallest absolute Gasteiger partial charge is 0.370 e. The minimum atomic E-state index is -4.32. The van der Waals surface area contributed by atoms with Gasteiger partial charge in [-0.1, -0.05) is 0 Å². The molecule has 0 spiro atoms. The number of rotatable bonds is 5. The number of alkyl halides is 3. The van der Waals surface area contributed by atoms with Gasteiger partial charge >= 0.3 is 6.18 Å². The predicted octanol–water partition coefficient (Wildman–Crippen LogP) is 0.679. The maximum Gasteiger partial charge on any atom is 0.411 e. The van der Waals surface area contributed by atoms with Gasteiger partial charge in [0.2, 0.25) is 5.91 Å². The first kappa shape index (κ1) is 14.2. The van der Waals surface area contributed by atoms with Crippen molar-refractivity contribution in [2.24, 2.45) is 5.92 Å². The molecule has 1 heterocycles. The molecule has 0 aromatic heterocycles. The SMILES string of the molecule is C[C@@H](COCC(F)(F)F)NC(=O)[C@@H]1CCNC1. The minimum absolute atomic E-state index is 0.0833. The average molecular weight is 254 g/mol. The average Bonchev–Trinajstić information content (AvgIpc) is 2.67. The number of hydrogen-bond donors (Lipinski definition) is 2. The van der Waals surface area contributed by atoms with E-state index in [0.29, 0.717) is 6.54 Å². The summed E-state index contributed by atoms with van der Waals surface area (Å²) < 4.78 is 39.8. The monoisotopic (exact) mass is 254 g/mol. The fraction of sp³-hybridized carbons (Fsp3) is 0.900. The molecule has 100 valence electrons. The lowest BCUT2D eigenvalue weighted by atomic mass is 10.1. The normalized spacial score (nSPS) is 22.5. The van der Waals surface area contributed by atoms with Gasteiger partial charge in [-0.3, -0.25) is 4.79 Å². The molecule has 0 aromatic rings. The molecule has 1 aliphatic rings. The number of amides is 1. The second-order valence-corrected chi connectivity index (χ2v) is 4.23. The van der Waals surface area contributed by atoms with Crippen LogP contribution >= 0.6 is 0 Å². The van der Waals surface area contributed by atoms with Crippen molar-refractivity contribution in [2.75, 3.05) is 26.3 Å². The summed E-state index contributed by atoms with van der Waals surface area (Å²) >= 11 is 0. The molecule has 4 nitrogen and oxygen atoms in total. The molecule has 0 radical (unpaired) electrons. The van der Waals surface area contributed by atoms with E-state index in [1.165, 1.54) is 0 Å². The highest BCUT2D eigenvalue weighted by Gasteiger charge is 2.28. The molecule has 1 rings (SSSR count).